The highest BCUT2D eigenvalue weighted by Crippen LogP contribution is 2.34. The lowest BCUT2D eigenvalue weighted by Gasteiger charge is -2.29. The van der Waals surface area contributed by atoms with Crippen LogP contribution in [0.1, 0.15) is 22.5 Å². The van der Waals surface area contributed by atoms with Gasteiger partial charge < -0.3 is 9.64 Å². The van der Waals surface area contributed by atoms with E-state index in [1.165, 1.54) is 30.3 Å². The van der Waals surface area contributed by atoms with Gasteiger partial charge in [0.25, 0.3) is 5.91 Å². The van der Waals surface area contributed by atoms with Crippen molar-refractivity contribution in [2.45, 2.75) is 12.8 Å². The number of amides is 1. The Morgan fingerprint density at radius 2 is 2.23 bits per heavy atom. The lowest BCUT2D eigenvalue weighted by Crippen LogP contribution is -2.36. The van der Waals surface area contributed by atoms with Gasteiger partial charge in [0.1, 0.15) is 5.69 Å². The Balaban J connectivity index is 2.03. The minimum absolute atomic E-state index is 0.00119. The van der Waals surface area contributed by atoms with E-state index < -0.39 is 11.7 Å². The zero-order valence-corrected chi connectivity index (χ0v) is 12.6. The Bertz CT molecular complexity index is 739. The summed E-state index contributed by atoms with van der Waals surface area (Å²) in [5.41, 5.74) is 1.16. The molecule has 1 amide bonds. The number of methoxy groups -OCH3 is 1. The largest absolute Gasteiger partial charge is 0.467 e. The number of carbonyl (C=O) groups is 1. The molecule has 1 aromatic heterocycles. The first-order valence-corrected chi connectivity index (χ1v) is 7.15. The SMILES string of the molecule is COc1nccc(C(=O)N2CCCc3ccc(Cl)c(F)c32)n1. The maximum Gasteiger partial charge on any atom is 0.316 e. The number of rotatable bonds is 2. The van der Waals surface area contributed by atoms with Crippen LogP contribution in [0, 0.1) is 5.82 Å². The number of aryl methyl sites for hydroxylation is 1. The van der Waals surface area contributed by atoms with Gasteiger partial charge >= 0.3 is 6.01 Å². The van der Waals surface area contributed by atoms with Crippen LogP contribution < -0.4 is 9.64 Å². The van der Waals surface area contributed by atoms with Crippen LogP contribution in [0.25, 0.3) is 0 Å². The minimum Gasteiger partial charge on any atom is -0.467 e. The van der Waals surface area contributed by atoms with Crippen molar-refractivity contribution in [2.75, 3.05) is 18.6 Å². The Labute approximate surface area is 131 Å². The van der Waals surface area contributed by atoms with E-state index >= 15 is 0 Å². The first-order chi connectivity index (χ1) is 10.6. The van der Waals surface area contributed by atoms with E-state index in [2.05, 4.69) is 9.97 Å². The predicted octanol–water partition coefficient (Wildman–Crippen LogP) is 2.87. The van der Waals surface area contributed by atoms with Crippen LogP contribution in [0.3, 0.4) is 0 Å². The van der Waals surface area contributed by atoms with Crippen LogP contribution in [-0.2, 0) is 6.42 Å². The predicted molar refractivity (Wildman–Crippen MR) is 80.0 cm³/mol. The summed E-state index contributed by atoms with van der Waals surface area (Å²) < 4.78 is 19.3. The number of hydrogen-bond acceptors (Lipinski definition) is 4. The number of fused-ring (bicyclic) bond motifs is 1. The minimum atomic E-state index is -0.576. The molecule has 0 atom stereocenters. The van der Waals surface area contributed by atoms with E-state index in [-0.39, 0.29) is 22.4 Å². The van der Waals surface area contributed by atoms with E-state index in [0.29, 0.717) is 13.0 Å². The van der Waals surface area contributed by atoms with Gasteiger partial charge in [-0.05, 0) is 30.5 Å². The molecule has 0 aliphatic carbocycles. The zero-order valence-electron chi connectivity index (χ0n) is 11.8. The Morgan fingerprint density at radius 1 is 1.41 bits per heavy atom. The van der Waals surface area contributed by atoms with Crippen molar-refractivity contribution in [2.24, 2.45) is 0 Å². The van der Waals surface area contributed by atoms with Crippen molar-refractivity contribution in [1.29, 1.82) is 0 Å². The number of aromatic nitrogens is 2. The number of nitrogens with zero attached hydrogens (tertiary/aromatic N) is 3. The molecule has 2 aromatic rings. The molecule has 1 aromatic carbocycles. The molecule has 2 heterocycles. The van der Waals surface area contributed by atoms with Gasteiger partial charge in [0, 0.05) is 12.7 Å². The summed E-state index contributed by atoms with van der Waals surface area (Å²) in [4.78, 5) is 21.9. The fourth-order valence-corrected chi connectivity index (χ4v) is 2.67. The molecule has 1 aliphatic rings. The highest BCUT2D eigenvalue weighted by Gasteiger charge is 2.28. The number of anilines is 1. The third-order valence-corrected chi connectivity index (χ3v) is 3.82. The van der Waals surface area contributed by atoms with Gasteiger partial charge in [0.15, 0.2) is 5.82 Å². The first kappa shape index (κ1) is 14.7. The topological polar surface area (TPSA) is 55.3 Å². The van der Waals surface area contributed by atoms with E-state index in [0.717, 1.165) is 12.0 Å². The third-order valence-electron chi connectivity index (χ3n) is 3.53. The molecule has 7 heteroatoms. The van der Waals surface area contributed by atoms with Gasteiger partial charge in [-0.25, -0.2) is 9.37 Å². The van der Waals surface area contributed by atoms with Gasteiger partial charge in [0.05, 0.1) is 17.8 Å². The summed E-state index contributed by atoms with van der Waals surface area (Å²) in [6, 6.07) is 4.83. The Morgan fingerprint density at radius 3 is 3.00 bits per heavy atom. The van der Waals surface area contributed by atoms with Crippen molar-refractivity contribution in [3.8, 4) is 6.01 Å². The number of halogens is 2. The monoisotopic (exact) mass is 321 g/mol. The van der Waals surface area contributed by atoms with Gasteiger partial charge in [-0.2, -0.15) is 4.98 Å². The quantitative estimate of drug-likeness (QED) is 0.853. The second-order valence-electron chi connectivity index (χ2n) is 4.86. The molecule has 22 heavy (non-hydrogen) atoms. The van der Waals surface area contributed by atoms with Crippen LogP contribution in [0.2, 0.25) is 5.02 Å². The van der Waals surface area contributed by atoms with E-state index in [1.807, 2.05) is 0 Å². The summed E-state index contributed by atoms with van der Waals surface area (Å²) in [5, 5.41) is -0.00119. The molecular formula is C15H13ClFN3O2. The van der Waals surface area contributed by atoms with Gasteiger partial charge in [-0.15, -0.1) is 0 Å². The second-order valence-corrected chi connectivity index (χ2v) is 5.27. The maximum atomic E-state index is 14.4. The molecule has 0 N–H and O–H groups in total. The van der Waals surface area contributed by atoms with Crippen LogP contribution in [0.5, 0.6) is 6.01 Å². The smallest absolute Gasteiger partial charge is 0.316 e. The summed E-state index contributed by atoms with van der Waals surface area (Å²) in [5.74, 6) is -0.976. The summed E-state index contributed by atoms with van der Waals surface area (Å²) in [6.45, 7) is 0.412. The lowest BCUT2D eigenvalue weighted by molar-refractivity contribution is 0.0978. The van der Waals surface area contributed by atoms with Crippen molar-refractivity contribution in [3.05, 3.63) is 46.5 Å². The summed E-state index contributed by atoms with van der Waals surface area (Å²) >= 11 is 5.85. The van der Waals surface area contributed by atoms with Crippen LogP contribution in [0.4, 0.5) is 10.1 Å². The van der Waals surface area contributed by atoms with Crippen LogP contribution in [0.15, 0.2) is 24.4 Å². The molecule has 0 spiro atoms. The molecule has 0 radical (unpaired) electrons. The molecule has 0 saturated heterocycles. The van der Waals surface area contributed by atoms with Crippen molar-refractivity contribution in [3.63, 3.8) is 0 Å². The molecule has 0 unspecified atom stereocenters. The normalized spacial score (nSPS) is 13.7. The maximum absolute atomic E-state index is 14.4. The lowest BCUT2D eigenvalue weighted by atomic mass is 10.0. The number of ether oxygens (including phenoxy) is 1. The van der Waals surface area contributed by atoms with E-state index in [4.69, 9.17) is 16.3 Å². The Kier molecular flexibility index (Phi) is 3.94. The standard InChI is InChI=1S/C15H13ClFN3O2/c1-22-15-18-7-6-11(19-15)14(21)20-8-2-3-9-4-5-10(16)12(17)13(9)20/h4-7H,2-3,8H2,1H3. The van der Waals surface area contributed by atoms with E-state index in [9.17, 15) is 9.18 Å². The number of hydrogen-bond donors (Lipinski definition) is 0. The molecule has 0 saturated carbocycles. The molecule has 114 valence electrons. The average molecular weight is 322 g/mol. The first-order valence-electron chi connectivity index (χ1n) is 6.77. The Hall–Kier alpha value is -2.21. The molecular weight excluding hydrogens is 309 g/mol. The van der Waals surface area contributed by atoms with Crippen molar-refractivity contribution in [1.82, 2.24) is 9.97 Å². The summed E-state index contributed by atoms with van der Waals surface area (Å²) in [6.07, 6.45) is 2.89. The molecule has 0 bridgehead atoms. The zero-order chi connectivity index (χ0) is 15.7. The van der Waals surface area contributed by atoms with Gasteiger partial charge in [-0.3, -0.25) is 4.79 Å². The fourth-order valence-electron chi connectivity index (χ4n) is 2.51. The molecule has 1 aliphatic heterocycles. The number of benzene rings is 1. The van der Waals surface area contributed by atoms with Gasteiger partial charge in [-0.1, -0.05) is 17.7 Å². The fraction of sp³-hybridized carbons (Fsp3) is 0.267. The average Bonchev–Trinajstić information content (AvgIpc) is 2.57. The third kappa shape index (κ3) is 2.50. The van der Waals surface area contributed by atoms with E-state index in [1.54, 1.807) is 6.07 Å². The molecule has 0 fully saturated rings. The molecule has 3 rings (SSSR count). The second kappa shape index (κ2) is 5.88. The van der Waals surface area contributed by atoms with Crippen molar-refractivity contribution < 1.29 is 13.9 Å². The van der Waals surface area contributed by atoms with Crippen molar-refractivity contribution >= 4 is 23.2 Å². The van der Waals surface area contributed by atoms with Gasteiger partial charge in [0.2, 0.25) is 0 Å². The summed E-state index contributed by atoms with van der Waals surface area (Å²) in [7, 11) is 1.42. The van der Waals surface area contributed by atoms with Crippen LogP contribution in [-0.4, -0.2) is 29.5 Å². The highest BCUT2D eigenvalue weighted by atomic mass is 35.5. The highest BCUT2D eigenvalue weighted by molar-refractivity contribution is 6.31. The van der Waals surface area contributed by atoms with Crippen LogP contribution >= 0.6 is 11.6 Å². The molecule has 5 nitrogen and oxygen atoms in total. The number of carbonyl (C=O) groups excluding carboxylic acids is 1.